The molecule has 0 spiro atoms. The standard InChI is InChI=1S/C17H20O4/c1-3-15(19)13-5-7-14(8-6-13)21-16-9-4-12(11-18)10-17(16)20-2/h4-10,15,18-19H,3,11H2,1-2H3. The zero-order valence-electron chi connectivity index (χ0n) is 12.2. The van der Waals surface area contributed by atoms with E-state index in [4.69, 9.17) is 14.6 Å². The lowest BCUT2D eigenvalue weighted by Crippen LogP contribution is -1.95. The van der Waals surface area contributed by atoms with Crippen LogP contribution in [-0.2, 0) is 6.61 Å². The van der Waals surface area contributed by atoms with Crippen LogP contribution in [0.5, 0.6) is 17.2 Å². The van der Waals surface area contributed by atoms with Gasteiger partial charge in [-0.05, 0) is 41.8 Å². The summed E-state index contributed by atoms with van der Waals surface area (Å²) in [6.07, 6.45) is 0.230. The highest BCUT2D eigenvalue weighted by molar-refractivity contribution is 5.45. The Morgan fingerprint density at radius 3 is 2.33 bits per heavy atom. The Morgan fingerprint density at radius 2 is 1.76 bits per heavy atom. The molecule has 0 aliphatic rings. The molecular formula is C17H20O4. The van der Waals surface area contributed by atoms with E-state index in [0.29, 0.717) is 23.7 Å². The Bertz CT molecular complexity index is 578. The van der Waals surface area contributed by atoms with Gasteiger partial charge in [-0.25, -0.2) is 0 Å². The minimum atomic E-state index is -0.447. The zero-order chi connectivity index (χ0) is 15.2. The van der Waals surface area contributed by atoms with Gasteiger partial charge in [0.2, 0.25) is 0 Å². The van der Waals surface area contributed by atoms with Crippen LogP contribution in [0.1, 0.15) is 30.6 Å². The van der Waals surface area contributed by atoms with Crippen molar-refractivity contribution in [3.8, 4) is 17.2 Å². The van der Waals surface area contributed by atoms with Crippen molar-refractivity contribution in [2.24, 2.45) is 0 Å². The minimum absolute atomic E-state index is 0.0414. The van der Waals surface area contributed by atoms with Crippen molar-refractivity contribution < 1.29 is 19.7 Å². The van der Waals surface area contributed by atoms with Crippen molar-refractivity contribution in [1.29, 1.82) is 0 Å². The summed E-state index contributed by atoms with van der Waals surface area (Å²) >= 11 is 0. The first-order valence-corrected chi connectivity index (χ1v) is 6.91. The van der Waals surface area contributed by atoms with Crippen LogP contribution in [0.2, 0.25) is 0 Å². The molecule has 1 atom stereocenters. The predicted octanol–water partition coefficient (Wildman–Crippen LogP) is 3.42. The van der Waals surface area contributed by atoms with E-state index in [9.17, 15) is 5.11 Å². The highest BCUT2D eigenvalue weighted by Gasteiger charge is 2.08. The second-order valence-electron chi connectivity index (χ2n) is 4.74. The molecule has 0 saturated carbocycles. The van der Waals surface area contributed by atoms with Gasteiger partial charge in [0.25, 0.3) is 0 Å². The van der Waals surface area contributed by atoms with Gasteiger partial charge in [-0.2, -0.15) is 0 Å². The van der Waals surface area contributed by atoms with Gasteiger partial charge < -0.3 is 19.7 Å². The van der Waals surface area contributed by atoms with E-state index in [1.54, 1.807) is 25.3 Å². The van der Waals surface area contributed by atoms with Crippen molar-refractivity contribution in [2.45, 2.75) is 26.1 Å². The Morgan fingerprint density at radius 1 is 1.05 bits per heavy atom. The number of hydrogen-bond donors (Lipinski definition) is 2. The number of aliphatic hydroxyl groups excluding tert-OH is 2. The van der Waals surface area contributed by atoms with Crippen molar-refractivity contribution >= 4 is 0 Å². The summed E-state index contributed by atoms with van der Waals surface area (Å²) in [5.74, 6) is 1.81. The van der Waals surface area contributed by atoms with Gasteiger partial charge in [-0.1, -0.05) is 25.1 Å². The molecule has 0 bridgehead atoms. The maximum absolute atomic E-state index is 9.77. The second-order valence-corrected chi connectivity index (χ2v) is 4.74. The molecule has 0 aliphatic carbocycles. The van der Waals surface area contributed by atoms with E-state index in [1.807, 2.05) is 31.2 Å². The third kappa shape index (κ3) is 3.74. The molecule has 4 heteroatoms. The van der Waals surface area contributed by atoms with Gasteiger partial charge in [0.1, 0.15) is 5.75 Å². The molecule has 0 aliphatic heterocycles. The maximum atomic E-state index is 9.77. The summed E-state index contributed by atoms with van der Waals surface area (Å²) in [5.41, 5.74) is 1.63. The first-order chi connectivity index (χ1) is 10.2. The van der Waals surface area contributed by atoms with E-state index in [-0.39, 0.29) is 6.61 Å². The average molecular weight is 288 g/mol. The van der Waals surface area contributed by atoms with Crippen LogP contribution in [-0.4, -0.2) is 17.3 Å². The first-order valence-electron chi connectivity index (χ1n) is 6.91. The molecule has 2 N–H and O–H groups in total. The van der Waals surface area contributed by atoms with E-state index >= 15 is 0 Å². The summed E-state index contributed by atoms with van der Waals surface area (Å²) in [4.78, 5) is 0. The molecular weight excluding hydrogens is 268 g/mol. The number of rotatable bonds is 6. The first kappa shape index (κ1) is 15.4. The summed E-state index contributed by atoms with van der Waals surface area (Å²) in [7, 11) is 1.56. The van der Waals surface area contributed by atoms with Gasteiger partial charge in [0, 0.05) is 0 Å². The molecule has 2 aromatic rings. The summed E-state index contributed by atoms with van der Waals surface area (Å²) in [5, 5.41) is 18.9. The molecule has 0 radical (unpaired) electrons. The number of ether oxygens (including phenoxy) is 2. The number of hydrogen-bond acceptors (Lipinski definition) is 4. The Kier molecular flexibility index (Phi) is 5.20. The van der Waals surface area contributed by atoms with Crippen LogP contribution in [0.15, 0.2) is 42.5 Å². The lowest BCUT2D eigenvalue weighted by atomic mass is 10.1. The van der Waals surface area contributed by atoms with E-state index in [1.165, 1.54) is 0 Å². The van der Waals surface area contributed by atoms with Crippen LogP contribution in [0.25, 0.3) is 0 Å². The van der Waals surface area contributed by atoms with Crippen LogP contribution < -0.4 is 9.47 Å². The third-order valence-corrected chi connectivity index (χ3v) is 3.29. The fourth-order valence-electron chi connectivity index (χ4n) is 2.02. The molecule has 0 saturated heterocycles. The fourth-order valence-corrected chi connectivity index (χ4v) is 2.02. The van der Waals surface area contributed by atoms with Gasteiger partial charge in [0.05, 0.1) is 19.8 Å². The van der Waals surface area contributed by atoms with Gasteiger partial charge in [-0.3, -0.25) is 0 Å². The van der Waals surface area contributed by atoms with E-state index in [2.05, 4.69) is 0 Å². The molecule has 0 aromatic heterocycles. The molecule has 0 amide bonds. The van der Waals surface area contributed by atoms with Gasteiger partial charge >= 0.3 is 0 Å². The summed E-state index contributed by atoms with van der Waals surface area (Å²) < 4.78 is 11.0. The number of methoxy groups -OCH3 is 1. The molecule has 0 fully saturated rings. The fraction of sp³-hybridized carbons (Fsp3) is 0.294. The van der Waals surface area contributed by atoms with Crippen LogP contribution >= 0.6 is 0 Å². The topological polar surface area (TPSA) is 58.9 Å². The van der Waals surface area contributed by atoms with E-state index < -0.39 is 6.10 Å². The molecule has 21 heavy (non-hydrogen) atoms. The largest absolute Gasteiger partial charge is 0.493 e. The van der Waals surface area contributed by atoms with E-state index in [0.717, 1.165) is 11.1 Å². The third-order valence-electron chi connectivity index (χ3n) is 3.29. The summed E-state index contributed by atoms with van der Waals surface area (Å²) in [6.45, 7) is 1.89. The quantitative estimate of drug-likeness (QED) is 0.855. The second kappa shape index (κ2) is 7.11. The lowest BCUT2D eigenvalue weighted by molar-refractivity contribution is 0.173. The van der Waals surface area contributed by atoms with Crippen molar-refractivity contribution in [3.63, 3.8) is 0 Å². The Balaban J connectivity index is 2.18. The predicted molar refractivity (Wildman–Crippen MR) is 80.7 cm³/mol. The molecule has 112 valence electrons. The van der Waals surface area contributed by atoms with Crippen LogP contribution in [0, 0.1) is 0 Å². The monoisotopic (exact) mass is 288 g/mol. The van der Waals surface area contributed by atoms with Crippen molar-refractivity contribution in [1.82, 2.24) is 0 Å². The Labute approximate surface area is 124 Å². The van der Waals surface area contributed by atoms with Crippen LogP contribution in [0.3, 0.4) is 0 Å². The average Bonchev–Trinajstić information content (AvgIpc) is 2.55. The molecule has 1 unspecified atom stereocenters. The molecule has 2 rings (SSSR count). The SMILES string of the molecule is CCC(O)c1ccc(Oc2ccc(CO)cc2OC)cc1. The van der Waals surface area contributed by atoms with Crippen molar-refractivity contribution in [3.05, 3.63) is 53.6 Å². The lowest BCUT2D eigenvalue weighted by Gasteiger charge is -2.13. The smallest absolute Gasteiger partial charge is 0.169 e. The highest BCUT2D eigenvalue weighted by Crippen LogP contribution is 2.32. The van der Waals surface area contributed by atoms with Gasteiger partial charge in [0.15, 0.2) is 11.5 Å². The highest BCUT2D eigenvalue weighted by atomic mass is 16.5. The minimum Gasteiger partial charge on any atom is -0.493 e. The van der Waals surface area contributed by atoms with Crippen molar-refractivity contribution in [2.75, 3.05) is 7.11 Å². The Hall–Kier alpha value is -2.04. The molecule has 2 aromatic carbocycles. The zero-order valence-corrected chi connectivity index (χ0v) is 12.2. The molecule has 0 heterocycles. The summed E-state index contributed by atoms with van der Waals surface area (Å²) in [6, 6.07) is 12.6. The molecule has 4 nitrogen and oxygen atoms in total. The normalized spacial score (nSPS) is 12.0. The number of aliphatic hydroxyl groups is 2. The van der Waals surface area contributed by atoms with Gasteiger partial charge in [-0.15, -0.1) is 0 Å². The maximum Gasteiger partial charge on any atom is 0.169 e. The van der Waals surface area contributed by atoms with Crippen LogP contribution in [0.4, 0.5) is 0 Å². The number of benzene rings is 2.